The molecule has 0 saturated carbocycles. The third-order valence-corrected chi connectivity index (χ3v) is 8.88. The molecule has 322 valence electrons. The van der Waals surface area contributed by atoms with Gasteiger partial charge in [-0.15, -0.1) is 0 Å². The molecule has 6 rings (SSSR count). The summed E-state index contributed by atoms with van der Waals surface area (Å²) in [6.45, 7) is 4.28. The third kappa shape index (κ3) is 11.9. The fourth-order valence-electron chi connectivity index (χ4n) is 6.00. The molecule has 0 aliphatic carbocycles. The van der Waals surface area contributed by atoms with Gasteiger partial charge in [-0.2, -0.15) is 0 Å². The number of imidazole rings is 2. The summed E-state index contributed by atoms with van der Waals surface area (Å²) >= 11 is 0. The molecule has 0 aliphatic heterocycles. The Labute approximate surface area is 345 Å². The number of carbonyl (C=O) groups is 4. The van der Waals surface area contributed by atoms with Gasteiger partial charge in [0.2, 0.25) is 6.17 Å². The number of pyridine rings is 4. The van der Waals surface area contributed by atoms with Crippen molar-refractivity contribution >= 4 is 34.8 Å². The maximum absolute atomic E-state index is 13.9. The van der Waals surface area contributed by atoms with E-state index in [1.165, 1.54) is 43.6 Å². The van der Waals surface area contributed by atoms with E-state index in [9.17, 15) is 41.1 Å². The van der Waals surface area contributed by atoms with Gasteiger partial charge in [-0.25, -0.2) is 46.7 Å². The van der Waals surface area contributed by atoms with Crippen LogP contribution in [0.15, 0.2) is 73.3 Å². The molecular weight excluding hydrogens is 811 g/mol. The van der Waals surface area contributed by atoms with Gasteiger partial charge in [-0.1, -0.05) is 12.1 Å². The Balaban J connectivity index is 0.000000231. The lowest BCUT2D eigenvalue weighted by Gasteiger charge is -2.11. The van der Waals surface area contributed by atoms with Crippen LogP contribution in [-0.4, -0.2) is 85.8 Å². The highest BCUT2D eigenvalue weighted by molar-refractivity contribution is 5.96. The van der Waals surface area contributed by atoms with Crippen LogP contribution >= 0.6 is 0 Å². The summed E-state index contributed by atoms with van der Waals surface area (Å²) in [4.78, 5) is 64.2. The first-order chi connectivity index (χ1) is 29.2. The Morgan fingerprint density at radius 2 is 1.11 bits per heavy atom. The highest BCUT2D eigenvalue weighted by Gasteiger charge is 2.22. The number of nitrogens with zero attached hydrogens (tertiary/aromatic N) is 6. The number of aromatic nitrogens is 6. The predicted molar refractivity (Wildman–Crippen MR) is 208 cm³/mol. The first-order valence-corrected chi connectivity index (χ1v) is 18.8. The van der Waals surface area contributed by atoms with Crippen LogP contribution in [-0.2, 0) is 44.7 Å². The summed E-state index contributed by atoms with van der Waals surface area (Å²) in [7, 11) is 2.43. The molecule has 0 spiro atoms. The summed E-state index contributed by atoms with van der Waals surface area (Å²) < 4.78 is 89.0. The molecule has 0 bridgehead atoms. The molecule has 19 heteroatoms. The predicted octanol–water partition coefficient (Wildman–Crippen LogP) is 7.14. The Bertz CT molecular complexity index is 2510. The number of fused-ring (bicyclic) bond motifs is 2. The van der Waals surface area contributed by atoms with Crippen molar-refractivity contribution < 1.29 is 60.1 Å². The molecule has 0 fully saturated rings. The van der Waals surface area contributed by atoms with E-state index in [4.69, 9.17) is 9.47 Å². The maximum atomic E-state index is 13.9. The summed E-state index contributed by atoms with van der Waals surface area (Å²) in [5.41, 5.74) is 2.09. The topological polar surface area (TPSA) is 166 Å². The van der Waals surface area contributed by atoms with E-state index in [1.807, 2.05) is 6.92 Å². The van der Waals surface area contributed by atoms with Crippen molar-refractivity contribution in [1.29, 1.82) is 0 Å². The smallest absolute Gasteiger partial charge is 0.340 e. The van der Waals surface area contributed by atoms with Crippen LogP contribution in [0.1, 0.15) is 88.0 Å². The van der Waals surface area contributed by atoms with Crippen molar-refractivity contribution in [3.8, 4) is 11.5 Å². The Kier molecular flexibility index (Phi) is 15.6. The molecule has 0 aliphatic rings. The summed E-state index contributed by atoms with van der Waals surface area (Å²) in [6.07, 6.45) is -0.644. The number of Topliss-reactive ketones (excluding diaryl/α,β-unsaturated/α-hetero) is 2. The number of hydrogen-bond donors (Lipinski definition) is 0. The number of rotatable bonds is 18. The van der Waals surface area contributed by atoms with Crippen molar-refractivity contribution in [3.05, 3.63) is 119 Å². The molecule has 1 unspecified atom stereocenters. The number of aryl methyl sites for hydroxylation is 1. The lowest BCUT2D eigenvalue weighted by atomic mass is 10.1. The summed E-state index contributed by atoms with van der Waals surface area (Å²) in [6, 6.07) is 11.1. The van der Waals surface area contributed by atoms with E-state index in [0.717, 1.165) is 13.2 Å². The monoisotopic (exact) mass is 852 g/mol. The number of ketones is 2. The second kappa shape index (κ2) is 20.9. The van der Waals surface area contributed by atoms with Crippen LogP contribution in [0.2, 0.25) is 0 Å². The maximum Gasteiger partial charge on any atom is 0.340 e. The molecule has 6 heterocycles. The quantitative estimate of drug-likeness (QED) is 0.0488. The molecule has 0 saturated heterocycles. The van der Waals surface area contributed by atoms with Crippen molar-refractivity contribution in [1.82, 2.24) is 28.7 Å². The van der Waals surface area contributed by atoms with Gasteiger partial charge in [-0.3, -0.25) is 14.4 Å². The molecule has 0 amide bonds. The zero-order valence-corrected chi connectivity index (χ0v) is 33.4. The van der Waals surface area contributed by atoms with E-state index in [0.29, 0.717) is 64.9 Å². The zero-order valence-electron chi connectivity index (χ0n) is 33.4. The average Bonchev–Trinajstić information content (AvgIpc) is 3.84. The largest absolute Gasteiger partial charge is 0.493 e. The lowest BCUT2D eigenvalue weighted by molar-refractivity contribution is -0.146. The standard InChI is InChI=1S/C21H20F3N3O4.C21H21F2N3O4/c1-3-31-18-9-19-25-13(8-14(22)21(29)30-2)11-27(19)10-12(18)7-17(28)15-5-4-6-16(26-15)20(23)24;1-3-30-18-10-19-24-14(7-8-20(28)29-2)12-26(19)11-13(18)9-17(27)15-5-4-6-16(25-15)21(22)23/h4-6,9-11,14,20H,3,7-8H2,1-2H3;4-6,10-12,21H,3,7-9H2,1-2H3. The summed E-state index contributed by atoms with van der Waals surface area (Å²) in [5, 5.41) is 0. The lowest BCUT2D eigenvalue weighted by Crippen LogP contribution is -2.19. The second-order valence-corrected chi connectivity index (χ2v) is 13.2. The van der Waals surface area contributed by atoms with Crippen LogP contribution in [0.5, 0.6) is 11.5 Å². The van der Waals surface area contributed by atoms with Gasteiger partial charge < -0.3 is 27.7 Å². The normalized spacial score (nSPS) is 11.7. The minimum absolute atomic E-state index is 0.0280. The van der Waals surface area contributed by atoms with Gasteiger partial charge in [0.05, 0.1) is 45.2 Å². The molecular formula is C42H41F5N6O8. The Hall–Kier alpha value is -6.79. The minimum Gasteiger partial charge on any atom is -0.493 e. The molecule has 0 aromatic carbocycles. The van der Waals surface area contributed by atoms with Gasteiger partial charge in [0.15, 0.2) is 11.6 Å². The number of esters is 2. The molecule has 61 heavy (non-hydrogen) atoms. The molecule has 6 aromatic rings. The number of alkyl halides is 5. The van der Waals surface area contributed by atoms with Gasteiger partial charge in [0.25, 0.3) is 12.9 Å². The van der Waals surface area contributed by atoms with Crippen molar-refractivity contribution in [3.63, 3.8) is 0 Å². The van der Waals surface area contributed by atoms with E-state index < -0.39 is 47.9 Å². The zero-order chi connectivity index (χ0) is 44.2. The SMILES string of the molecule is CCOc1cc2nc(CC(F)C(=O)OC)cn2cc1CC(=O)c1cccc(C(F)F)n1.CCOc1cc2nc(CCC(=O)OC)cn2cc1CC(=O)c1cccc(C(F)F)n1. The highest BCUT2D eigenvalue weighted by atomic mass is 19.3. The van der Waals surface area contributed by atoms with E-state index >= 15 is 0 Å². The third-order valence-electron chi connectivity index (χ3n) is 8.88. The number of ether oxygens (including phenoxy) is 4. The number of halogens is 5. The Morgan fingerprint density at radius 3 is 1.56 bits per heavy atom. The van der Waals surface area contributed by atoms with E-state index in [-0.39, 0.29) is 43.0 Å². The van der Waals surface area contributed by atoms with Gasteiger partial charge in [-0.05, 0) is 38.1 Å². The number of carbonyl (C=O) groups excluding carboxylic acids is 4. The van der Waals surface area contributed by atoms with E-state index in [2.05, 4.69) is 29.4 Å². The minimum atomic E-state index is -2.78. The fourth-order valence-corrected chi connectivity index (χ4v) is 6.00. The van der Waals surface area contributed by atoms with E-state index in [1.54, 1.807) is 46.4 Å². The van der Waals surface area contributed by atoms with Crippen molar-refractivity contribution in [2.45, 2.75) is 65.0 Å². The van der Waals surface area contributed by atoms with Gasteiger partial charge in [0.1, 0.15) is 45.6 Å². The first kappa shape index (κ1) is 45.3. The van der Waals surface area contributed by atoms with Gasteiger partial charge in [0, 0.05) is 73.7 Å². The van der Waals surface area contributed by atoms with Crippen LogP contribution in [0.3, 0.4) is 0 Å². The van der Waals surface area contributed by atoms with Crippen LogP contribution in [0.25, 0.3) is 11.3 Å². The molecule has 6 aromatic heterocycles. The second-order valence-electron chi connectivity index (χ2n) is 13.2. The van der Waals surface area contributed by atoms with Gasteiger partial charge >= 0.3 is 11.9 Å². The Morgan fingerprint density at radius 1 is 0.639 bits per heavy atom. The molecule has 0 N–H and O–H groups in total. The number of hydrogen-bond acceptors (Lipinski definition) is 12. The number of methoxy groups -OCH3 is 2. The molecule has 1 atom stereocenters. The molecule has 14 nitrogen and oxygen atoms in total. The van der Waals surface area contributed by atoms with Crippen LogP contribution in [0.4, 0.5) is 22.0 Å². The van der Waals surface area contributed by atoms with Crippen molar-refractivity contribution in [2.75, 3.05) is 27.4 Å². The average molecular weight is 853 g/mol. The fraction of sp³-hybridized carbons (Fsp3) is 0.333. The molecule has 0 radical (unpaired) electrons. The highest BCUT2D eigenvalue weighted by Crippen LogP contribution is 2.26. The van der Waals surface area contributed by atoms with Crippen molar-refractivity contribution in [2.24, 2.45) is 0 Å². The van der Waals surface area contributed by atoms with Crippen LogP contribution < -0.4 is 9.47 Å². The first-order valence-electron chi connectivity index (χ1n) is 18.8. The van der Waals surface area contributed by atoms with Crippen LogP contribution in [0, 0.1) is 0 Å². The summed E-state index contributed by atoms with van der Waals surface area (Å²) in [5.74, 6) is -1.31.